The zero-order valence-electron chi connectivity index (χ0n) is 22.2. The first-order valence-corrected chi connectivity index (χ1v) is 12.7. The highest BCUT2D eigenvalue weighted by atomic mass is 16.5. The number of carboxylic acids is 1. The molecule has 1 aromatic heterocycles. The van der Waals surface area contributed by atoms with Crippen LogP contribution in [-0.4, -0.2) is 58.5 Å². The van der Waals surface area contributed by atoms with Gasteiger partial charge in [-0.15, -0.1) is 0 Å². The SMILES string of the molecule is CCOC(=O)/C=C/CC[C@H](NC(=O)CCC(=O)O)C(=O)Nc1cccn(CC(=O)NCC(CC)CC)c1=O. The van der Waals surface area contributed by atoms with Crippen molar-refractivity contribution in [2.75, 3.05) is 18.5 Å². The largest absolute Gasteiger partial charge is 0.481 e. The summed E-state index contributed by atoms with van der Waals surface area (Å²) in [6.07, 6.45) is 5.50. The van der Waals surface area contributed by atoms with Crippen molar-refractivity contribution < 1.29 is 33.8 Å². The number of esters is 1. The quantitative estimate of drug-likeness (QED) is 0.172. The minimum absolute atomic E-state index is 0.0694. The van der Waals surface area contributed by atoms with Crippen LogP contribution in [0.3, 0.4) is 0 Å². The minimum Gasteiger partial charge on any atom is -0.481 e. The number of nitrogens with one attached hydrogen (secondary N) is 3. The van der Waals surface area contributed by atoms with Crippen LogP contribution in [0.5, 0.6) is 0 Å². The summed E-state index contributed by atoms with van der Waals surface area (Å²) in [5.41, 5.74) is -0.686. The first-order valence-electron chi connectivity index (χ1n) is 12.7. The van der Waals surface area contributed by atoms with E-state index >= 15 is 0 Å². The van der Waals surface area contributed by atoms with E-state index in [1.807, 2.05) is 13.8 Å². The van der Waals surface area contributed by atoms with Crippen LogP contribution >= 0.6 is 0 Å². The molecule has 0 unspecified atom stereocenters. The first kappa shape index (κ1) is 32.1. The number of amides is 3. The predicted molar refractivity (Wildman–Crippen MR) is 140 cm³/mol. The molecule has 0 aromatic carbocycles. The highest BCUT2D eigenvalue weighted by Gasteiger charge is 2.22. The number of allylic oxidation sites excluding steroid dienone is 1. The highest BCUT2D eigenvalue weighted by Crippen LogP contribution is 2.07. The van der Waals surface area contributed by atoms with Crippen LogP contribution in [0, 0.1) is 5.92 Å². The van der Waals surface area contributed by atoms with Gasteiger partial charge in [0.15, 0.2) is 0 Å². The Morgan fingerprint density at radius 2 is 1.79 bits per heavy atom. The second-order valence-electron chi connectivity index (χ2n) is 8.58. The van der Waals surface area contributed by atoms with Crippen LogP contribution < -0.4 is 21.5 Å². The Kier molecular flexibility index (Phi) is 14.8. The Hall–Kier alpha value is -3.96. The third-order valence-electron chi connectivity index (χ3n) is 5.71. The summed E-state index contributed by atoms with van der Waals surface area (Å²) in [5.74, 6) is -3.05. The molecule has 0 aliphatic rings. The van der Waals surface area contributed by atoms with Crippen LogP contribution in [0.1, 0.15) is 59.3 Å². The number of hydrogen-bond donors (Lipinski definition) is 4. The van der Waals surface area contributed by atoms with E-state index in [1.54, 1.807) is 6.92 Å². The Morgan fingerprint density at radius 1 is 1.08 bits per heavy atom. The number of ether oxygens (including phenoxy) is 1. The molecule has 0 bridgehead atoms. The van der Waals surface area contributed by atoms with Crippen molar-refractivity contribution in [3.8, 4) is 0 Å². The summed E-state index contributed by atoms with van der Waals surface area (Å²) in [5, 5.41) is 16.6. The van der Waals surface area contributed by atoms with Crippen molar-refractivity contribution in [1.29, 1.82) is 0 Å². The standard InChI is InChI=1S/C26H38N4O8/c1-4-18(5-2)16-27-22(32)17-30-15-9-11-20(26(30)37)29-25(36)19(28-21(31)13-14-23(33)34)10-7-8-12-24(35)38-6-3/h8-9,11-12,15,18-19H,4-7,10,13-14,16-17H2,1-3H3,(H,27,32)(H,28,31)(H,29,36)(H,33,34)/b12-8+/t19-/m0/s1. The monoisotopic (exact) mass is 534 g/mol. The van der Waals surface area contributed by atoms with Crippen molar-refractivity contribution in [1.82, 2.24) is 15.2 Å². The Balaban J connectivity index is 2.92. The molecule has 0 radical (unpaired) electrons. The lowest BCUT2D eigenvalue weighted by atomic mass is 10.0. The minimum atomic E-state index is -1.16. The summed E-state index contributed by atoms with van der Waals surface area (Å²) in [6.45, 7) is 6.23. The molecule has 4 N–H and O–H groups in total. The zero-order valence-corrected chi connectivity index (χ0v) is 22.2. The average molecular weight is 535 g/mol. The Bertz CT molecular complexity index is 1050. The number of aromatic nitrogens is 1. The Morgan fingerprint density at radius 3 is 2.42 bits per heavy atom. The number of pyridine rings is 1. The van der Waals surface area contributed by atoms with E-state index < -0.39 is 41.8 Å². The highest BCUT2D eigenvalue weighted by molar-refractivity contribution is 5.97. The number of carboxylic acid groups (broad SMARTS) is 1. The van der Waals surface area contributed by atoms with E-state index in [0.717, 1.165) is 12.8 Å². The summed E-state index contributed by atoms with van der Waals surface area (Å²) < 4.78 is 5.96. The Labute approximate surface area is 221 Å². The fourth-order valence-corrected chi connectivity index (χ4v) is 3.41. The molecular weight excluding hydrogens is 496 g/mol. The maximum atomic E-state index is 13.0. The summed E-state index contributed by atoms with van der Waals surface area (Å²) in [4.78, 5) is 72.6. The number of carbonyl (C=O) groups excluding carboxylic acids is 4. The maximum absolute atomic E-state index is 13.0. The fraction of sp³-hybridized carbons (Fsp3) is 0.538. The lowest BCUT2D eigenvalue weighted by Gasteiger charge is -2.18. The van der Waals surface area contributed by atoms with E-state index in [2.05, 4.69) is 16.0 Å². The third kappa shape index (κ3) is 12.3. The van der Waals surface area contributed by atoms with E-state index in [4.69, 9.17) is 9.84 Å². The molecule has 12 nitrogen and oxygen atoms in total. The number of hydrogen-bond acceptors (Lipinski definition) is 7. The number of anilines is 1. The molecule has 210 valence electrons. The molecule has 0 saturated carbocycles. The molecule has 1 aromatic rings. The van der Waals surface area contributed by atoms with Gasteiger partial charge < -0.3 is 30.4 Å². The molecule has 0 aliphatic heterocycles. The molecule has 0 fully saturated rings. The zero-order chi connectivity index (χ0) is 28.5. The van der Waals surface area contributed by atoms with Crippen LogP contribution in [0.25, 0.3) is 0 Å². The number of rotatable bonds is 17. The smallest absolute Gasteiger partial charge is 0.330 e. The molecule has 1 rings (SSSR count). The molecule has 3 amide bonds. The van der Waals surface area contributed by atoms with Crippen LogP contribution in [0.15, 0.2) is 35.3 Å². The molecular formula is C26H38N4O8. The molecule has 0 spiro atoms. The van der Waals surface area contributed by atoms with Crippen molar-refractivity contribution in [3.63, 3.8) is 0 Å². The van der Waals surface area contributed by atoms with E-state index in [-0.39, 0.29) is 44.0 Å². The topological polar surface area (TPSA) is 173 Å². The molecule has 1 atom stereocenters. The lowest BCUT2D eigenvalue weighted by Crippen LogP contribution is -2.44. The number of aliphatic carboxylic acids is 1. The summed E-state index contributed by atoms with van der Waals surface area (Å²) >= 11 is 0. The normalized spacial score (nSPS) is 11.7. The average Bonchev–Trinajstić information content (AvgIpc) is 2.87. The fourth-order valence-electron chi connectivity index (χ4n) is 3.41. The van der Waals surface area contributed by atoms with Crippen LogP contribution in [0.2, 0.25) is 0 Å². The maximum Gasteiger partial charge on any atom is 0.330 e. The first-order chi connectivity index (χ1) is 18.1. The number of nitrogens with zero attached hydrogens (tertiary/aromatic N) is 1. The van der Waals surface area contributed by atoms with E-state index in [9.17, 15) is 28.8 Å². The molecule has 0 saturated heterocycles. The predicted octanol–water partition coefficient (Wildman–Crippen LogP) is 1.59. The van der Waals surface area contributed by atoms with E-state index in [1.165, 1.54) is 35.0 Å². The van der Waals surface area contributed by atoms with Crippen molar-refractivity contribution in [2.45, 2.75) is 71.9 Å². The van der Waals surface area contributed by atoms with Crippen LogP contribution in [0.4, 0.5) is 5.69 Å². The van der Waals surface area contributed by atoms with Gasteiger partial charge in [0.2, 0.25) is 17.7 Å². The van der Waals surface area contributed by atoms with Crippen molar-refractivity contribution >= 4 is 35.3 Å². The van der Waals surface area contributed by atoms with Gasteiger partial charge in [0.25, 0.3) is 5.56 Å². The molecule has 38 heavy (non-hydrogen) atoms. The van der Waals surface area contributed by atoms with Crippen molar-refractivity contribution in [2.24, 2.45) is 5.92 Å². The van der Waals surface area contributed by atoms with Crippen molar-refractivity contribution in [3.05, 3.63) is 40.8 Å². The summed E-state index contributed by atoms with van der Waals surface area (Å²) in [7, 11) is 0. The van der Waals surface area contributed by atoms with Gasteiger partial charge in [-0.3, -0.25) is 24.0 Å². The molecule has 1 heterocycles. The van der Waals surface area contributed by atoms with E-state index in [0.29, 0.717) is 12.5 Å². The van der Waals surface area contributed by atoms with Gasteiger partial charge in [0.1, 0.15) is 18.3 Å². The summed E-state index contributed by atoms with van der Waals surface area (Å²) in [6, 6.07) is 1.77. The van der Waals surface area contributed by atoms with Gasteiger partial charge in [-0.1, -0.05) is 32.8 Å². The van der Waals surface area contributed by atoms with Gasteiger partial charge in [0.05, 0.1) is 13.0 Å². The molecule has 0 aliphatic carbocycles. The van der Waals surface area contributed by atoms with Gasteiger partial charge in [-0.05, 0) is 37.8 Å². The van der Waals surface area contributed by atoms with Gasteiger partial charge in [-0.2, -0.15) is 0 Å². The van der Waals surface area contributed by atoms with Gasteiger partial charge in [0, 0.05) is 25.2 Å². The number of carbonyl (C=O) groups is 5. The lowest BCUT2D eigenvalue weighted by molar-refractivity contribution is -0.139. The van der Waals surface area contributed by atoms with Gasteiger partial charge >= 0.3 is 11.9 Å². The third-order valence-corrected chi connectivity index (χ3v) is 5.71. The van der Waals surface area contributed by atoms with Gasteiger partial charge in [-0.25, -0.2) is 4.79 Å². The second-order valence-corrected chi connectivity index (χ2v) is 8.58. The second kappa shape index (κ2) is 17.5. The molecule has 12 heteroatoms. The van der Waals surface area contributed by atoms with Crippen LogP contribution in [-0.2, 0) is 35.3 Å².